The highest BCUT2D eigenvalue weighted by molar-refractivity contribution is 5.53. The van der Waals surface area contributed by atoms with E-state index in [1.54, 1.807) is 0 Å². The molecule has 75 heavy (non-hydrogen) atoms. The lowest BCUT2D eigenvalue weighted by Crippen LogP contribution is -2.49. The highest BCUT2D eigenvalue weighted by atomic mass is 15.3. The van der Waals surface area contributed by atoms with Crippen LogP contribution in [0.3, 0.4) is 0 Å². The Hall–Kier alpha value is -0.750. The molecule has 1 saturated heterocycles. The minimum absolute atomic E-state index is 1.14. The molecular weight excluding hydrogens is 911 g/mol. The summed E-state index contributed by atoms with van der Waals surface area (Å²) >= 11 is 0. The third kappa shape index (κ3) is 52.4. The van der Waals surface area contributed by atoms with Crippen molar-refractivity contribution in [2.45, 2.75) is 343 Å². The molecule has 0 unspecified atom stereocenters. The van der Waals surface area contributed by atoms with Gasteiger partial charge in [0.15, 0.2) is 6.21 Å². The quantitative estimate of drug-likeness (QED) is 0.0261. The first-order valence-electron chi connectivity index (χ1n) is 35.3. The monoisotopic (exact) mass is 1050 g/mol. The number of hydrogen-bond donors (Lipinski definition) is 0. The van der Waals surface area contributed by atoms with Crippen LogP contribution >= 0.6 is 0 Å². The van der Waals surface area contributed by atoms with Gasteiger partial charge in [-0.15, -0.1) is 0 Å². The van der Waals surface area contributed by atoms with E-state index in [9.17, 15) is 0 Å². The highest BCUT2D eigenvalue weighted by Crippen LogP contribution is 2.16. The molecule has 1 heterocycles. The number of hydrogen-bond acceptors (Lipinski definition) is 4. The molecule has 1 aliphatic rings. The Morgan fingerprint density at radius 1 is 0.280 bits per heavy atom. The van der Waals surface area contributed by atoms with E-state index in [1.807, 2.05) is 0 Å². The molecule has 0 saturated carbocycles. The van der Waals surface area contributed by atoms with Gasteiger partial charge in [-0.3, -0.25) is 9.80 Å². The Bertz CT molecular complexity index is 1110. The summed E-state index contributed by atoms with van der Waals surface area (Å²) in [6.45, 7) is 29.2. The van der Waals surface area contributed by atoms with E-state index in [0.717, 1.165) is 6.54 Å². The number of piperazine rings is 1. The Morgan fingerprint density at radius 3 is 0.933 bits per heavy atom. The van der Waals surface area contributed by atoms with Gasteiger partial charge in [0.2, 0.25) is 0 Å². The van der Waals surface area contributed by atoms with E-state index in [4.69, 9.17) is 0 Å². The van der Waals surface area contributed by atoms with Gasteiger partial charge in [-0.05, 0) is 64.6 Å². The number of nitrogens with zero attached hydrogens (tertiary/aromatic N) is 5. The fraction of sp³-hybridized carbons (Fsp3) is 0.957. The van der Waals surface area contributed by atoms with E-state index in [-0.39, 0.29) is 0 Å². The van der Waals surface area contributed by atoms with Gasteiger partial charge in [-0.2, -0.15) is 0 Å². The maximum atomic E-state index is 2.92. The Labute approximate surface area is 474 Å². The maximum absolute atomic E-state index is 2.92. The van der Waals surface area contributed by atoms with Gasteiger partial charge in [0.25, 0.3) is 0 Å². The molecule has 1 aliphatic heterocycles. The van der Waals surface area contributed by atoms with Crippen molar-refractivity contribution in [2.24, 2.45) is 0 Å². The maximum Gasteiger partial charge on any atom is 0.153 e. The summed E-state index contributed by atoms with van der Waals surface area (Å²) in [4.78, 5) is 11.4. The first-order valence-corrected chi connectivity index (χ1v) is 35.3. The van der Waals surface area contributed by atoms with Gasteiger partial charge in [0, 0.05) is 65.2 Å². The Morgan fingerprint density at radius 2 is 0.560 bits per heavy atom. The zero-order valence-electron chi connectivity index (χ0n) is 52.8. The summed E-state index contributed by atoms with van der Waals surface area (Å²) in [7, 11) is 0. The second-order valence-corrected chi connectivity index (χ2v) is 24.6. The summed E-state index contributed by atoms with van der Waals surface area (Å²) in [5.41, 5.74) is 0. The topological polar surface area (TPSA) is 16.0 Å². The number of unbranched alkanes of at least 4 members (excludes halogenated alkanes) is 42. The van der Waals surface area contributed by atoms with E-state index >= 15 is 0 Å². The summed E-state index contributed by atoms with van der Waals surface area (Å²) in [5, 5.41) is 0. The van der Waals surface area contributed by atoms with Gasteiger partial charge < -0.3 is 9.80 Å². The molecule has 0 amide bonds. The Balaban J connectivity index is 2.78. The SMILES string of the molecule is CCCCCCC/C=C/CCC[N+](=CCN1CCN(CCN(CCCCCCCCCCCC)CCN(CCCCCCCCCCCC)CCCCCCCCCCCC)CC1)CCCCCCCCCCCC. The van der Waals surface area contributed by atoms with Crippen molar-refractivity contribution < 1.29 is 4.58 Å². The predicted molar refractivity (Wildman–Crippen MR) is 341 cm³/mol. The smallest absolute Gasteiger partial charge is 0.153 e. The predicted octanol–water partition coefficient (Wildman–Crippen LogP) is 20.7. The van der Waals surface area contributed by atoms with Crippen LogP contribution in [0.4, 0.5) is 0 Å². The highest BCUT2D eigenvalue weighted by Gasteiger charge is 2.19. The number of rotatable bonds is 62. The van der Waals surface area contributed by atoms with E-state index in [2.05, 4.69) is 77.2 Å². The molecule has 0 aromatic carbocycles. The molecule has 5 heteroatoms. The molecule has 0 aromatic rings. The zero-order chi connectivity index (χ0) is 53.8. The average Bonchev–Trinajstić information content (AvgIpc) is 3.42. The van der Waals surface area contributed by atoms with Crippen LogP contribution in [0.1, 0.15) is 343 Å². The summed E-state index contributed by atoms with van der Waals surface area (Å²) in [6, 6.07) is 0. The zero-order valence-corrected chi connectivity index (χ0v) is 52.8. The second-order valence-electron chi connectivity index (χ2n) is 24.6. The molecule has 0 radical (unpaired) electrons. The average molecular weight is 1050 g/mol. The van der Waals surface area contributed by atoms with Crippen molar-refractivity contribution >= 4 is 6.21 Å². The molecule has 0 atom stereocenters. The van der Waals surface area contributed by atoms with Crippen LogP contribution in [-0.2, 0) is 0 Å². The van der Waals surface area contributed by atoms with Crippen LogP contribution in [0.15, 0.2) is 12.2 Å². The largest absolute Gasteiger partial charge is 0.302 e. The van der Waals surface area contributed by atoms with Crippen LogP contribution in [0, 0.1) is 0 Å². The molecule has 5 nitrogen and oxygen atoms in total. The normalized spacial score (nSPS) is 14.0. The summed E-state index contributed by atoms with van der Waals surface area (Å²) < 4.78 is 2.73. The molecule has 0 spiro atoms. The summed E-state index contributed by atoms with van der Waals surface area (Å²) in [5.74, 6) is 0. The standard InChI is InChI=1S/C70H142N5/c1-6-11-16-21-26-31-36-41-46-51-56-71(57-52-47-42-37-32-27-22-17-12-7-2)61-63-73(60-55-50-45-40-35-30-25-20-15-10-5)64-66-75-69-67-74(68-70-75)65-62-72(58-53-48-43-38-33-28-23-18-13-8-3)59-54-49-44-39-34-29-24-19-14-9-4/h38,43,62H,6-37,39-42,44-61,63-70H2,1-5H3/q+1/b43-38+,72-62?. The van der Waals surface area contributed by atoms with Crippen molar-refractivity contribution in [3.63, 3.8) is 0 Å². The molecular formula is C70H142N5+. The first kappa shape index (κ1) is 72.3. The fourth-order valence-electron chi connectivity index (χ4n) is 11.7. The molecule has 0 bridgehead atoms. The van der Waals surface area contributed by atoms with Gasteiger partial charge in [-0.1, -0.05) is 297 Å². The van der Waals surface area contributed by atoms with Crippen molar-refractivity contribution in [3.8, 4) is 0 Å². The van der Waals surface area contributed by atoms with Gasteiger partial charge in [-0.25, -0.2) is 4.58 Å². The van der Waals surface area contributed by atoms with Gasteiger partial charge in [0.05, 0.1) is 6.54 Å². The van der Waals surface area contributed by atoms with E-state index < -0.39 is 0 Å². The van der Waals surface area contributed by atoms with Crippen molar-refractivity contribution in [2.75, 3.05) is 91.6 Å². The molecule has 0 aliphatic carbocycles. The number of allylic oxidation sites excluding steroid dienone is 2. The fourth-order valence-corrected chi connectivity index (χ4v) is 11.7. The van der Waals surface area contributed by atoms with Gasteiger partial charge in [0.1, 0.15) is 13.1 Å². The van der Waals surface area contributed by atoms with Gasteiger partial charge >= 0.3 is 0 Å². The third-order valence-corrected chi connectivity index (χ3v) is 17.3. The van der Waals surface area contributed by atoms with Crippen LogP contribution in [0.2, 0.25) is 0 Å². The van der Waals surface area contributed by atoms with Crippen LogP contribution in [-0.4, -0.2) is 122 Å². The molecule has 0 N–H and O–H groups in total. The molecule has 0 aromatic heterocycles. The molecule has 1 rings (SSSR count). The first-order chi connectivity index (χ1) is 37.2. The van der Waals surface area contributed by atoms with E-state index in [0.29, 0.717) is 0 Å². The lowest BCUT2D eigenvalue weighted by atomic mass is 10.1. The van der Waals surface area contributed by atoms with E-state index in [1.165, 1.54) is 393 Å². The van der Waals surface area contributed by atoms with Crippen LogP contribution in [0.5, 0.6) is 0 Å². The molecule has 446 valence electrons. The van der Waals surface area contributed by atoms with Crippen molar-refractivity contribution in [1.29, 1.82) is 0 Å². The minimum Gasteiger partial charge on any atom is -0.302 e. The van der Waals surface area contributed by atoms with Crippen LogP contribution in [0.25, 0.3) is 0 Å². The minimum atomic E-state index is 1.14. The molecule has 1 fully saturated rings. The van der Waals surface area contributed by atoms with Crippen LogP contribution < -0.4 is 0 Å². The lowest BCUT2D eigenvalue weighted by Gasteiger charge is -2.35. The second kappa shape index (κ2) is 60.9. The third-order valence-electron chi connectivity index (χ3n) is 17.3. The van der Waals surface area contributed by atoms with Crippen molar-refractivity contribution in [3.05, 3.63) is 12.2 Å². The Kier molecular flexibility index (Phi) is 58.7. The van der Waals surface area contributed by atoms with Crippen molar-refractivity contribution in [1.82, 2.24) is 19.6 Å². The lowest BCUT2D eigenvalue weighted by molar-refractivity contribution is -0.525. The summed E-state index contributed by atoms with van der Waals surface area (Å²) in [6.07, 6.45) is 75.6.